The Morgan fingerprint density at radius 3 is 2.42 bits per heavy atom. The summed E-state index contributed by atoms with van der Waals surface area (Å²) in [5, 5.41) is 0. The van der Waals surface area contributed by atoms with Gasteiger partial charge in [-0.15, -0.1) is 0 Å². The Hall–Kier alpha value is -4.01. The van der Waals surface area contributed by atoms with Crippen LogP contribution in [-0.2, 0) is 21.5 Å². The van der Waals surface area contributed by atoms with Crippen molar-refractivity contribution < 1.29 is 14.0 Å². The van der Waals surface area contributed by atoms with Gasteiger partial charge < -0.3 is 10.6 Å². The van der Waals surface area contributed by atoms with Gasteiger partial charge in [0.15, 0.2) is 0 Å². The van der Waals surface area contributed by atoms with Gasteiger partial charge in [0.2, 0.25) is 11.8 Å². The molecule has 198 valence electrons. The lowest BCUT2D eigenvalue weighted by Gasteiger charge is -2.42. The van der Waals surface area contributed by atoms with Gasteiger partial charge in [0.05, 0.1) is 0 Å². The smallest absolute Gasteiger partial charge is 0.328 e. The van der Waals surface area contributed by atoms with Crippen LogP contribution in [0.15, 0.2) is 64.3 Å². The largest absolute Gasteiger partial charge is 0.368 e. The molecule has 1 aromatic heterocycles. The van der Waals surface area contributed by atoms with Crippen molar-refractivity contribution in [2.75, 3.05) is 6.54 Å². The summed E-state index contributed by atoms with van der Waals surface area (Å²) in [6.45, 7) is 3.44. The molecule has 2 fully saturated rings. The third-order valence-corrected chi connectivity index (χ3v) is 8.23. The number of nitrogens with zero attached hydrogens (tertiary/aromatic N) is 2. The Balaban J connectivity index is 1.61. The van der Waals surface area contributed by atoms with E-state index in [1.54, 1.807) is 6.07 Å². The topological polar surface area (TPSA) is 118 Å². The summed E-state index contributed by atoms with van der Waals surface area (Å²) in [6.07, 6.45) is 3.96. The molecule has 2 amide bonds. The van der Waals surface area contributed by atoms with Crippen molar-refractivity contribution in [2.24, 2.45) is 5.73 Å². The van der Waals surface area contributed by atoms with E-state index in [1.165, 1.54) is 24.1 Å². The van der Waals surface area contributed by atoms with Gasteiger partial charge in [0.25, 0.3) is 5.56 Å². The molecule has 2 aliphatic rings. The first-order valence-corrected chi connectivity index (χ1v) is 12.8. The van der Waals surface area contributed by atoms with Crippen LogP contribution in [-0.4, -0.2) is 38.3 Å². The van der Waals surface area contributed by atoms with E-state index in [2.05, 4.69) is 4.98 Å². The highest BCUT2D eigenvalue weighted by Gasteiger charge is 2.55. The lowest BCUT2D eigenvalue weighted by Crippen LogP contribution is -2.60. The van der Waals surface area contributed by atoms with Crippen LogP contribution in [0.25, 0.3) is 0 Å². The van der Waals surface area contributed by atoms with Gasteiger partial charge in [-0.25, -0.2) is 9.18 Å². The molecule has 0 bridgehead atoms. The lowest BCUT2D eigenvalue weighted by molar-refractivity contribution is -0.145. The number of likely N-dealkylation sites (tertiary alicyclic amines) is 1. The van der Waals surface area contributed by atoms with Crippen molar-refractivity contribution in [2.45, 2.75) is 62.9 Å². The fraction of sp³-hybridized carbons (Fsp3) is 0.379. The van der Waals surface area contributed by atoms with E-state index in [9.17, 15) is 19.2 Å². The molecule has 3 N–H and O–H groups in total. The zero-order valence-electron chi connectivity index (χ0n) is 21.5. The number of aromatic amines is 1. The molecular weight excluding hydrogens is 487 g/mol. The van der Waals surface area contributed by atoms with Gasteiger partial charge >= 0.3 is 5.69 Å². The molecule has 1 saturated heterocycles. The molecule has 2 atom stereocenters. The van der Waals surface area contributed by atoms with Crippen LogP contribution in [0, 0.1) is 12.7 Å². The van der Waals surface area contributed by atoms with Crippen LogP contribution in [0.2, 0.25) is 0 Å². The number of aromatic nitrogens is 2. The second-order valence-corrected chi connectivity index (χ2v) is 10.8. The number of amides is 2. The number of hydrogen-bond acceptors (Lipinski definition) is 4. The average Bonchev–Trinajstić information content (AvgIpc) is 3.46. The number of H-pyrrole nitrogens is 1. The number of nitrogens with one attached hydrogen (secondary N) is 1. The third-order valence-electron chi connectivity index (χ3n) is 8.23. The van der Waals surface area contributed by atoms with Gasteiger partial charge in [0, 0.05) is 24.2 Å². The summed E-state index contributed by atoms with van der Waals surface area (Å²) in [5.41, 5.74) is 5.42. The van der Waals surface area contributed by atoms with Gasteiger partial charge in [-0.2, -0.15) is 0 Å². The maximum atomic E-state index is 15.5. The van der Waals surface area contributed by atoms with Gasteiger partial charge in [0.1, 0.15) is 17.9 Å². The highest BCUT2D eigenvalue weighted by atomic mass is 19.1. The van der Waals surface area contributed by atoms with Gasteiger partial charge in [-0.3, -0.25) is 23.9 Å². The molecule has 5 rings (SSSR count). The molecule has 3 aromatic rings. The van der Waals surface area contributed by atoms with Crippen molar-refractivity contribution in [1.82, 2.24) is 14.5 Å². The first kappa shape index (κ1) is 25.6. The molecule has 0 radical (unpaired) electrons. The maximum Gasteiger partial charge on any atom is 0.328 e. The number of hydrogen-bond donors (Lipinski definition) is 2. The highest BCUT2D eigenvalue weighted by Crippen LogP contribution is 2.50. The summed E-state index contributed by atoms with van der Waals surface area (Å²) in [5.74, 6) is -2.24. The SMILES string of the molecule is Cc1cn(CC(=O)N2CCCC2(C(N)=O)[C@H](c2ccccc2)c2ccc(C3(C)CC3)c(F)c2)c(=O)[nH]c1=O. The molecule has 1 saturated carbocycles. The maximum absolute atomic E-state index is 15.5. The minimum atomic E-state index is -1.48. The summed E-state index contributed by atoms with van der Waals surface area (Å²) in [4.78, 5) is 54.9. The molecular formula is C29H31FN4O4. The normalized spacial score (nSPS) is 20.8. The Morgan fingerprint density at radius 2 is 1.79 bits per heavy atom. The number of halogens is 1. The number of primary amides is 1. The molecule has 1 aliphatic heterocycles. The molecule has 2 heterocycles. The van der Waals surface area contributed by atoms with Crippen LogP contribution in [0.4, 0.5) is 4.39 Å². The van der Waals surface area contributed by atoms with Crippen LogP contribution in [0.5, 0.6) is 0 Å². The summed E-state index contributed by atoms with van der Waals surface area (Å²) >= 11 is 0. The van der Waals surface area contributed by atoms with E-state index < -0.39 is 34.5 Å². The molecule has 0 spiro atoms. The summed E-state index contributed by atoms with van der Waals surface area (Å²) < 4.78 is 16.6. The molecule has 1 aliphatic carbocycles. The standard InChI is InChI=1S/C29H31FN4O4/c1-18-16-33(27(38)32-25(18)36)17-23(35)34-14-6-11-29(34,26(31)37)24(19-7-4-3-5-8-19)20-9-10-21(22(30)15-20)28(2)12-13-28/h3-5,7-10,15-16,24H,6,11-14,17H2,1-2H3,(H2,31,37)(H,32,36,38)/t24-,29?/m1/s1. The zero-order valence-corrected chi connectivity index (χ0v) is 21.5. The van der Waals surface area contributed by atoms with E-state index >= 15 is 4.39 Å². The number of nitrogens with two attached hydrogens (primary N) is 1. The second kappa shape index (κ2) is 9.38. The number of carbonyl (C=O) groups excluding carboxylic acids is 2. The molecule has 1 unspecified atom stereocenters. The Bertz CT molecular complexity index is 1530. The van der Waals surface area contributed by atoms with Crippen LogP contribution in [0.1, 0.15) is 60.8 Å². The van der Waals surface area contributed by atoms with Crippen LogP contribution in [0.3, 0.4) is 0 Å². The van der Waals surface area contributed by atoms with E-state index in [4.69, 9.17) is 5.73 Å². The molecule has 9 heteroatoms. The number of rotatable bonds is 7. The van der Waals surface area contributed by atoms with Gasteiger partial charge in [-0.05, 0) is 60.8 Å². The lowest BCUT2D eigenvalue weighted by atomic mass is 9.72. The summed E-state index contributed by atoms with van der Waals surface area (Å²) in [7, 11) is 0. The fourth-order valence-corrected chi connectivity index (χ4v) is 5.90. The quantitative estimate of drug-likeness (QED) is 0.500. The molecule has 8 nitrogen and oxygen atoms in total. The van der Waals surface area contributed by atoms with E-state index in [0.29, 0.717) is 17.5 Å². The molecule has 38 heavy (non-hydrogen) atoms. The van der Waals surface area contributed by atoms with Crippen LogP contribution < -0.4 is 17.0 Å². The second-order valence-electron chi connectivity index (χ2n) is 10.8. The predicted octanol–water partition coefficient (Wildman–Crippen LogP) is 2.71. The van der Waals surface area contributed by atoms with Crippen molar-refractivity contribution in [3.8, 4) is 0 Å². The first-order chi connectivity index (χ1) is 18.1. The van der Waals surface area contributed by atoms with E-state index in [0.717, 1.165) is 23.0 Å². The van der Waals surface area contributed by atoms with Crippen molar-refractivity contribution >= 4 is 11.8 Å². The minimum absolute atomic E-state index is 0.177. The minimum Gasteiger partial charge on any atom is -0.368 e. The van der Waals surface area contributed by atoms with Gasteiger partial charge in [-0.1, -0.05) is 49.4 Å². The zero-order chi connectivity index (χ0) is 27.2. The van der Waals surface area contributed by atoms with Crippen molar-refractivity contribution in [3.63, 3.8) is 0 Å². The monoisotopic (exact) mass is 518 g/mol. The predicted molar refractivity (Wildman–Crippen MR) is 140 cm³/mol. The highest BCUT2D eigenvalue weighted by molar-refractivity contribution is 5.93. The fourth-order valence-electron chi connectivity index (χ4n) is 5.90. The third kappa shape index (κ3) is 4.25. The molecule has 2 aromatic carbocycles. The Kier molecular flexibility index (Phi) is 6.33. The number of aryl methyl sites for hydroxylation is 1. The Labute approximate surface area is 219 Å². The average molecular weight is 519 g/mol. The van der Waals surface area contributed by atoms with E-state index in [1.807, 2.05) is 43.3 Å². The number of carbonyl (C=O) groups is 2. The first-order valence-electron chi connectivity index (χ1n) is 12.8. The van der Waals surface area contributed by atoms with Crippen LogP contribution >= 0.6 is 0 Å². The van der Waals surface area contributed by atoms with Crippen molar-refractivity contribution in [1.29, 1.82) is 0 Å². The summed E-state index contributed by atoms with van der Waals surface area (Å²) in [6, 6.07) is 14.3. The van der Waals surface area contributed by atoms with Crippen molar-refractivity contribution in [3.05, 3.63) is 104 Å². The number of benzene rings is 2. The Morgan fingerprint density at radius 1 is 1.08 bits per heavy atom. The van der Waals surface area contributed by atoms with E-state index in [-0.39, 0.29) is 36.3 Å².